The number of guanidine groups is 1. The molecule has 2 aromatic rings. The van der Waals surface area contributed by atoms with Gasteiger partial charge < -0.3 is 10.6 Å². The zero-order chi connectivity index (χ0) is 14.3. The number of rotatable bonds is 2. The van der Waals surface area contributed by atoms with Crippen molar-refractivity contribution < 1.29 is 0 Å². The van der Waals surface area contributed by atoms with Crippen molar-refractivity contribution in [2.24, 2.45) is 10.7 Å². The number of benzene rings is 1. The molecule has 1 aliphatic heterocycles. The highest BCUT2D eigenvalue weighted by atomic mass is 79.9. The summed E-state index contributed by atoms with van der Waals surface area (Å²) in [5.41, 5.74) is 6.94. The fourth-order valence-electron chi connectivity index (χ4n) is 2.18. The number of anilines is 1. The van der Waals surface area contributed by atoms with Crippen LogP contribution in [-0.4, -0.2) is 12.5 Å². The van der Waals surface area contributed by atoms with Crippen molar-refractivity contribution in [1.82, 2.24) is 0 Å². The molecule has 0 bridgehead atoms. The molecule has 2 heterocycles. The molecule has 7 heteroatoms. The largest absolute Gasteiger partial charge is 0.369 e. The number of para-hydroxylation sites is 1. The number of nitrogens with zero attached hydrogens (tertiary/aromatic N) is 2. The first-order valence-corrected chi connectivity index (χ1v) is 8.64. The van der Waals surface area contributed by atoms with Crippen molar-refractivity contribution >= 4 is 66.4 Å². The molecule has 1 aliphatic rings. The lowest BCUT2D eigenvalue weighted by Gasteiger charge is -2.26. The number of hydrogen-bond donors (Lipinski definition) is 1. The lowest BCUT2D eigenvalue weighted by atomic mass is 10.2. The standard InChI is InChI=1S/C13H10Br2ClN3S/c14-7-5-11(20-12(7)15)10-6-18-13(17)19(10)9-4-2-1-3-8(9)16/h1-5,10H,6H2,(H2,17,18). The number of halogens is 3. The topological polar surface area (TPSA) is 41.6 Å². The Hall–Kier alpha value is -0.560. The highest BCUT2D eigenvalue weighted by molar-refractivity contribution is 9.13. The van der Waals surface area contributed by atoms with Gasteiger partial charge in [-0.25, -0.2) is 0 Å². The second kappa shape index (κ2) is 5.67. The Morgan fingerprint density at radius 2 is 2.10 bits per heavy atom. The zero-order valence-electron chi connectivity index (χ0n) is 10.2. The van der Waals surface area contributed by atoms with Crippen LogP contribution in [-0.2, 0) is 0 Å². The van der Waals surface area contributed by atoms with Gasteiger partial charge in [0.05, 0.1) is 27.1 Å². The Morgan fingerprint density at radius 1 is 1.35 bits per heavy atom. The summed E-state index contributed by atoms with van der Waals surface area (Å²) in [5, 5.41) is 0.673. The average molecular weight is 436 g/mol. The normalized spacial score (nSPS) is 18.4. The summed E-state index contributed by atoms with van der Waals surface area (Å²) in [5.74, 6) is 0.503. The monoisotopic (exact) mass is 433 g/mol. The predicted octanol–water partition coefficient (Wildman–Crippen LogP) is 4.80. The van der Waals surface area contributed by atoms with E-state index in [0.29, 0.717) is 17.5 Å². The van der Waals surface area contributed by atoms with Crippen LogP contribution in [0.5, 0.6) is 0 Å². The van der Waals surface area contributed by atoms with Crippen molar-refractivity contribution in [3.05, 3.63) is 48.5 Å². The first-order chi connectivity index (χ1) is 9.58. The Labute approximate surface area is 142 Å². The van der Waals surface area contributed by atoms with E-state index in [1.807, 2.05) is 29.2 Å². The van der Waals surface area contributed by atoms with Crippen LogP contribution in [0.3, 0.4) is 0 Å². The van der Waals surface area contributed by atoms with Gasteiger partial charge >= 0.3 is 0 Å². The summed E-state index contributed by atoms with van der Waals surface area (Å²) in [6, 6.07) is 9.85. The minimum absolute atomic E-state index is 0.0856. The maximum Gasteiger partial charge on any atom is 0.196 e. The summed E-state index contributed by atoms with van der Waals surface area (Å²) in [7, 11) is 0. The number of thiophene rings is 1. The van der Waals surface area contributed by atoms with Gasteiger partial charge in [-0.3, -0.25) is 4.99 Å². The summed E-state index contributed by atoms with van der Waals surface area (Å²) < 4.78 is 2.11. The molecule has 3 nitrogen and oxygen atoms in total. The third-order valence-electron chi connectivity index (χ3n) is 3.09. The average Bonchev–Trinajstić information content (AvgIpc) is 2.94. The van der Waals surface area contributed by atoms with E-state index >= 15 is 0 Å². The molecule has 104 valence electrons. The van der Waals surface area contributed by atoms with Gasteiger partial charge in [0.25, 0.3) is 0 Å². The van der Waals surface area contributed by atoms with Gasteiger partial charge in [0, 0.05) is 9.35 Å². The van der Waals surface area contributed by atoms with E-state index in [2.05, 4.69) is 42.9 Å². The van der Waals surface area contributed by atoms with Gasteiger partial charge in [-0.2, -0.15) is 0 Å². The van der Waals surface area contributed by atoms with E-state index in [1.165, 1.54) is 4.88 Å². The van der Waals surface area contributed by atoms with Gasteiger partial charge in [0.15, 0.2) is 5.96 Å². The summed E-state index contributed by atoms with van der Waals surface area (Å²) in [6.07, 6.45) is 0. The minimum atomic E-state index is 0.0856. The number of hydrogen-bond acceptors (Lipinski definition) is 4. The molecule has 3 rings (SSSR count). The van der Waals surface area contributed by atoms with Crippen LogP contribution in [0.1, 0.15) is 10.9 Å². The van der Waals surface area contributed by atoms with Gasteiger partial charge in [0.2, 0.25) is 0 Å². The van der Waals surface area contributed by atoms with Crippen molar-refractivity contribution in [3.63, 3.8) is 0 Å². The second-order valence-electron chi connectivity index (χ2n) is 4.31. The zero-order valence-corrected chi connectivity index (χ0v) is 14.9. The number of nitrogens with two attached hydrogens (primary N) is 1. The van der Waals surface area contributed by atoms with E-state index in [4.69, 9.17) is 17.3 Å². The first kappa shape index (κ1) is 14.4. The summed E-state index contributed by atoms with van der Waals surface area (Å²) in [6.45, 7) is 0.635. The van der Waals surface area contributed by atoms with Crippen molar-refractivity contribution in [1.29, 1.82) is 0 Å². The summed E-state index contributed by atoms with van der Waals surface area (Å²) in [4.78, 5) is 7.55. The molecule has 0 radical (unpaired) electrons. The van der Waals surface area contributed by atoms with Crippen LogP contribution < -0.4 is 10.6 Å². The molecule has 1 atom stereocenters. The molecule has 0 fully saturated rings. The Bertz CT molecular complexity index is 667. The Morgan fingerprint density at radius 3 is 2.75 bits per heavy atom. The van der Waals surface area contributed by atoms with Crippen LogP contribution >= 0.6 is 54.8 Å². The third-order valence-corrected chi connectivity index (χ3v) is 6.77. The SMILES string of the molecule is NC1=NCC(c2cc(Br)c(Br)s2)N1c1ccccc1Cl. The summed E-state index contributed by atoms with van der Waals surface area (Å²) >= 11 is 15.0. The van der Waals surface area contributed by atoms with Gasteiger partial charge in [-0.1, -0.05) is 23.7 Å². The molecule has 0 spiro atoms. The van der Waals surface area contributed by atoms with Crippen LogP contribution in [0.15, 0.2) is 43.6 Å². The maximum atomic E-state index is 6.29. The van der Waals surface area contributed by atoms with E-state index in [0.717, 1.165) is 13.9 Å². The molecule has 1 unspecified atom stereocenters. The van der Waals surface area contributed by atoms with E-state index in [1.54, 1.807) is 11.3 Å². The highest BCUT2D eigenvalue weighted by Crippen LogP contribution is 2.41. The van der Waals surface area contributed by atoms with E-state index in [9.17, 15) is 0 Å². The Kier molecular flexibility index (Phi) is 4.08. The van der Waals surface area contributed by atoms with Gasteiger partial charge in [-0.05, 0) is 50.1 Å². The molecule has 0 amide bonds. The lowest BCUT2D eigenvalue weighted by molar-refractivity contribution is 0.784. The van der Waals surface area contributed by atoms with Crippen molar-refractivity contribution in [2.75, 3.05) is 11.4 Å². The van der Waals surface area contributed by atoms with Crippen LogP contribution in [0, 0.1) is 0 Å². The molecular weight excluding hydrogens is 425 g/mol. The molecule has 0 saturated heterocycles. The molecule has 1 aromatic carbocycles. The molecule has 20 heavy (non-hydrogen) atoms. The highest BCUT2D eigenvalue weighted by Gasteiger charge is 2.31. The fraction of sp³-hybridized carbons (Fsp3) is 0.154. The molecule has 2 N–H and O–H groups in total. The van der Waals surface area contributed by atoms with E-state index < -0.39 is 0 Å². The van der Waals surface area contributed by atoms with Crippen molar-refractivity contribution in [3.8, 4) is 0 Å². The van der Waals surface area contributed by atoms with Gasteiger partial charge in [0.1, 0.15) is 0 Å². The van der Waals surface area contributed by atoms with Crippen molar-refractivity contribution in [2.45, 2.75) is 6.04 Å². The first-order valence-electron chi connectivity index (χ1n) is 5.86. The van der Waals surface area contributed by atoms with E-state index in [-0.39, 0.29) is 6.04 Å². The molecular formula is C13H10Br2ClN3S. The second-order valence-corrected chi connectivity index (χ2v) is 7.97. The van der Waals surface area contributed by atoms with Crippen LogP contribution in [0.4, 0.5) is 5.69 Å². The maximum absolute atomic E-state index is 6.29. The number of aliphatic imine (C=N–C) groups is 1. The van der Waals surface area contributed by atoms with Gasteiger partial charge in [-0.15, -0.1) is 11.3 Å². The quantitative estimate of drug-likeness (QED) is 0.736. The van der Waals surface area contributed by atoms with Crippen LogP contribution in [0.25, 0.3) is 0 Å². The fourth-order valence-corrected chi connectivity index (χ4v) is 4.58. The molecule has 0 saturated carbocycles. The smallest absolute Gasteiger partial charge is 0.196 e. The minimum Gasteiger partial charge on any atom is -0.369 e. The molecule has 1 aromatic heterocycles. The lowest BCUT2D eigenvalue weighted by Crippen LogP contribution is -2.36. The molecule has 0 aliphatic carbocycles. The Balaban J connectivity index is 2.03. The van der Waals surface area contributed by atoms with Crippen LogP contribution in [0.2, 0.25) is 5.02 Å². The predicted molar refractivity (Wildman–Crippen MR) is 92.9 cm³/mol. The third kappa shape index (κ3) is 2.50.